The Morgan fingerprint density at radius 3 is 2.65 bits per heavy atom. The summed E-state index contributed by atoms with van der Waals surface area (Å²) in [7, 11) is 0. The van der Waals surface area contributed by atoms with Crippen molar-refractivity contribution in [3.05, 3.63) is 63.3 Å². The van der Waals surface area contributed by atoms with E-state index in [9.17, 15) is 23.1 Å². The monoisotopic (exact) mass is 324 g/mol. The number of halogens is 3. The summed E-state index contributed by atoms with van der Waals surface area (Å²) >= 11 is 0. The van der Waals surface area contributed by atoms with Crippen molar-refractivity contribution in [1.29, 1.82) is 0 Å². The number of pyridine rings is 1. The Bertz CT molecular complexity index is 820. The Morgan fingerprint density at radius 2 is 1.91 bits per heavy atom. The van der Waals surface area contributed by atoms with Gasteiger partial charge in [0, 0.05) is 49.1 Å². The Balaban J connectivity index is 1.92. The third kappa shape index (κ3) is 2.84. The largest absolute Gasteiger partial charge is 0.503 e. The predicted molar refractivity (Wildman–Crippen MR) is 77.5 cm³/mol. The number of aromatic nitrogens is 1. The van der Waals surface area contributed by atoms with Crippen molar-refractivity contribution in [2.75, 3.05) is 6.54 Å². The molecule has 2 aromatic rings. The predicted octanol–water partition coefficient (Wildman–Crippen LogP) is 2.55. The third-order valence-electron chi connectivity index (χ3n) is 4.21. The highest BCUT2D eigenvalue weighted by Crippen LogP contribution is 2.28. The number of nitrogens with zero attached hydrogens (tertiary/aromatic N) is 2. The van der Waals surface area contributed by atoms with Gasteiger partial charge in [-0.1, -0.05) is 0 Å². The summed E-state index contributed by atoms with van der Waals surface area (Å²) in [5.74, 6) is -3.43. The van der Waals surface area contributed by atoms with Crippen molar-refractivity contribution in [2.45, 2.75) is 26.1 Å². The van der Waals surface area contributed by atoms with Gasteiger partial charge in [-0.05, 0) is 13.0 Å². The highest BCUT2D eigenvalue weighted by Gasteiger charge is 2.25. The van der Waals surface area contributed by atoms with E-state index in [-0.39, 0.29) is 11.3 Å². The van der Waals surface area contributed by atoms with Gasteiger partial charge in [0.15, 0.2) is 17.4 Å². The zero-order valence-electron chi connectivity index (χ0n) is 12.4. The van der Waals surface area contributed by atoms with Crippen LogP contribution in [-0.4, -0.2) is 21.1 Å². The summed E-state index contributed by atoms with van der Waals surface area (Å²) in [5.41, 5.74) is 0.106. The van der Waals surface area contributed by atoms with Gasteiger partial charge in [-0.2, -0.15) is 0 Å². The van der Waals surface area contributed by atoms with Gasteiger partial charge in [-0.15, -0.1) is 0 Å². The molecule has 122 valence electrons. The summed E-state index contributed by atoms with van der Waals surface area (Å²) in [5, 5.41) is 9.45. The zero-order chi connectivity index (χ0) is 16.7. The van der Waals surface area contributed by atoms with E-state index in [4.69, 9.17) is 0 Å². The molecule has 1 atom stereocenters. The van der Waals surface area contributed by atoms with Crippen LogP contribution >= 0.6 is 0 Å². The van der Waals surface area contributed by atoms with E-state index in [2.05, 4.69) is 0 Å². The van der Waals surface area contributed by atoms with Crippen LogP contribution < -0.4 is 5.43 Å². The molecule has 0 radical (unpaired) electrons. The molecule has 3 rings (SSSR count). The van der Waals surface area contributed by atoms with Crippen LogP contribution in [0.2, 0.25) is 0 Å². The van der Waals surface area contributed by atoms with Crippen LogP contribution in [0.4, 0.5) is 13.2 Å². The first-order chi connectivity index (χ1) is 10.9. The van der Waals surface area contributed by atoms with E-state index in [1.807, 2.05) is 4.90 Å². The molecule has 0 spiro atoms. The Hall–Kier alpha value is -2.28. The lowest BCUT2D eigenvalue weighted by Crippen LogP contribution is -2.37. The minimum Gasteiger partial charge on any atom is -0.503 e. The van der Waals surface area contributed by atoms with Gasteiger partial charge in [-0.3, -0.25) is 9.69 Å². The van der Waals surface area contributed by atoms with Crippen LogP contribution in [0.1, 0.15) is 24.2 Å². The molecule has 1 aromatic carbocycles. The Morgan fingerprint density at radius 1 is 1.17 bits per heavy atom. The molecule has 1 unspecified atom stereocenters. The van der Waals surface area contributed by atoms with E-state index in [0.29, 0.717) is 31.4 Å². The quantitative estimate of drug-likeness (QED) is 0.864. The summed E-state index contributed by atoms with van der Waals surface area (Å²) in [6.07, 6.45) is 1.36. The van der Waals surface area contributed by atoms with E-state index in [1.165, 1.54) is 12.3 Å². The molecule has 0 aliphatic carbocycles. The number of rotatable bonds is 2. The first-order valence-corrected chi connectivity index (χ1v) is 7.17. The number of benzene rings is 1. The minimum absolute atomic E-state index is 0.0583. The molecule has 1 aliphatic heterocycles. The van der Waals surface area contributed by atoms with Crippen LogP contribution in [0.15, 0.2) is 29.2 Å². The topological polar surface area (TPSA) is 45.5 Å². The lowest BCUT2D eigenvalue weighted by molar-refractivity contribution is 0.161. The van der Waals surface area contributed by atoms with Crippen LogP contribution in [0.3, 0.4) is 0 Å². The van der Waals surface area contributed by atoms with Gasteiger partial charge >= 0.3 is 0 Å². The highest BCUT2D eigenvalue weighted by molar-refractivity contribution is 5.25. The lowest BCUT2D eigenvalue weighted by Gasteiger charge is -2.35. The Labute approximate surface area is 130 Å². The van der Waals surface area contributed by atoms with Gasteiger partial charge in [0.2, 0.25) is 5.43 Å². The van der Waals surface area contributed by atoms with Crippen molar-refractivity contribution < 1.29 is 18.3 Å². The maximum Gasteiger partial charge on any atom is 0.223 e. The van der Waals surface area contributed by atoms with Crippen molar-refractivity contribution >= 4 is 0 Å². The van der Waals surface area contributed by atoms with Crippen LogP contribution in [0.25, 0.3) is 0 Å². The molecule has 0 fully saturated rings. The van der Waals surface area contributed by atoms with Gasteiger partial charge in [0.05, 0.1) is 6.20 Å². The molecule has 1 N–H and O–H groups in total. The SMILES string of the molecule is CC(c1cc(F)cc(F)c1F)N1CCn2cc(O)c(=O)cc2C1. The molecule has 0 bridgehead atoms. The van der Waals surface area contributed by atoms with Crippen LogP contribution in [0, 0.1) is 17.5 Å². The minimum atomic E-state index is -1.22. The molecule has 23 heavy (non-hydrogen) atoms. The molecule has 4 nitrogen and oxygen atoms in total. The molecule has 7 heteroatoms. The van der Waals surface area contributed by atoms with Crippen LogP contribution in [-0.2, 0) is 13.1 Å². The summed E-state index contributed by atoms with van der Waals surface area (Å²) in [6, 6.07) is 2.26. The van der Waals surface area contributed by atoms with E-state index < -0.39 is 28.9 Å². The molecule has 0 amide bonds. The van der Waals surface area contributed by atoms with Crippen molar-refractivity contribution in [2.24, 2.45) is 0 Å². The summed E-state index contributed by atoms with van der Waals surface area (Å²) in [4.78, 5) is 13.4. The lowest BCUT2D eigenvalue weighted by atomic mass is 10.0. The maximum atomic E-state index is 13.9. The van der Waals surface area contributed by atoms with E-state index in [0.717, 1.165) is 6.07 Å². The fourth-order valence-corrected chi connectivity index (χ4v) is 2.88. The fourth-order valence-electron chi connectivity index (χ4n) is 2.88. The summed E-state index contributed by atoms with van der Waals surface area (Å²) in [6.45, 7) is 2.95. The number of hydrogen-bond acceptors (Lipinski definition) is 3. The number of fused-ring (bicyclic) bond motifs is 1. The number of hydrogen-bond donors (Lipinski definition) is 1. The second-order valence-electron chi connectivity index (χ2n) is 5.64. The van der Waals surface area contributed by atoms with Crippen molar-refractivity contribution in [1.82, 2.24) is 9.47 Å². The zero-order valence-corrected chi connectivity index (χ0v) is 12.4. The van der Waals surface area contributed by atoms with Gasteiger partial charge in [-0.25, -0.2) is 13.2 Å². The molecule has 1 aromatic heterocycles. The van der Waals surface area contributed by atoms with E-state index in [1.54, 1.807) is 11.5 Å². The first-order valence-electron chi connectivity index (χ1n) is 7.17. The standard InChI is InChI=1S/C16H15F3N2O2/c1-9(12-4-10(17)5-13(18)16(12)19)20-2-3-21-8-15(23)14(22)6-11(21)7-20/h4-6,8-9,23H,2-3,7H2,1H3. The second-order valence-corrected chi connectivity index (χ2v) is 5.64. The smallest absolute Gasteiger partial charge is 0.223 e. The van der Waals surface area contributed by atoms with Crippen LogP contribution in [0.5, 0.6) is 5.75 Å². The van der Waals surface area contributed by atoms with E-state index >= 15 is 0 Å². The first kappa shape index (κ1) is 15.6. The molecule has 0 saturated heterocycles. The molecular formula is C16H15F3N2O2. The fraction of sp³-hybridized carbons (Fsp3) is 0.312. The Kier molecular flexibility index (Phi) is 3.89. The molecule has 0 saturated carbocycles. The van der Waals surface area contributed by atoms with Gasteiger partial charge in [0.25, 0.3) is 0 Å². The second kappa shape index (κ2) is 5.73. The van der Waals surface area contributed by atoms with Gasteiger partial charge in [0.1, 0.15) is 5.82 Å². The number of aromatic hydroxyl groups is 1. The van der Waals surface area contributed by atoms with Crippen molar-refractivity contribution in [3.8, 4) is 5.75 Å². The molecule has 2 heterocycles. The molecular weight excluding hydrogens is 309 g/mol. The van der Waals surface area contributed by atoms with Gasteiger partial charge < -0.3 is 9.67 Å². The average molecular weight is 324 g/mol. The average Bonchev–Trinajstić information content (AvgIpc) is 2.51. The normalized spacial score (nSPS) is 16.2. The summed E-state index contributed by atoms with van der Waals surface area (Å²) < 4.78 is 42.5. The third-order valence-corrected chi connectivity index (χ3v) is 4.21. The highest BCUT2D eigenvalue weighted by atomic mass is 19.2. The van der Waals surface area contributed by atoms with Crippen molar-refractivity contribution in [3.63, 3.8) is 0 Å². The molecule has 1 aliphatic rings. The maximum absolute atomic E-state index is 13.9.